The van der Waals surface area contributed by atoms with Gasteiger partial charge in [-0.2, -0.15) is 0 Å². The summed E-state index contributed by atoms with van der Waals surface area (Å²) in [7, 11) is 1.82. The zero-order valence-corrected chi connectivity index (χ0v) is 12.0. The van der Waals surface area contributed by atoms with E-state index in [0.29, 0.717) is 13.1 Å². The molecular formula is C12H21N3OS. The molecule has 0 radical (unpaired) electrons. The van der Waals surface area contributed by atoms with E-state index in [1.165, 1.54) is 0 Å². The van der Waals surface area contributed by atoms with E-state index in [1.54, 1.807) is 16.2 Å². The Morgan fingerprint density at radius 2 is 2.18 bits per heavy atom. The van der Waals surface area contributed by atoms with Crippen LogP contribution < -0.4 is 5.32 Å². The molecule has 5 heteroatoms. The lowest BCUT2D eigenvalue weighted by Crippen LogP contribution is -2.43. The summed E-state index contributed by atoms with van der Waals surface area (Å²) in [6, 6.07) is 0. The van der Waals surface area contributed by atoms with Gasteiger partial charge in [0.2, 0.25) is 5.91 Å². The summed E-state index contributed by atoms with van der Waals surface area (Å²) in [6.45, 7) is 9.12. The number of nitrogens with zero attached hydrogens (tertiary/aromatic N) is 2. The van der Waals surface area contributed by atoms with Crippen LogP contribution in [0, 0.1) is 6.92 Å². The number of amides is 1. The molecule has 0 unspecified atom stereocenters. The van der Waals surface area contributed by atoms with Crippen LogP contribution in [0.15, 0.2) is 6.20 Å². The number of rotatable bonds is 4. The quantitative estimate of drug-likeness (QED) is 0.892. The normalized spacial score (nSPS) is 11.6. The van der Waals surface area contributed by atoms with Crippen molar-refractivity contribution >= 4 is 17.2 Å². The first-order valence-corrected chi connectivity index (χ1v) is 6.50. The van der Waals surface area contributed by atoms with Crippen LogP contribution in [0.25, 0.3) is 0 Å². The van der Waals surface area contributed by atoms with Crippen LogP contribution in [-0.2, 0) is 11.3 Å². The Kier molecular flexibility index (Phi) is 4.65. The van der Waals surface area contributed by atoms with Gasteiger partial charge >= 0.3 is 0 Å². The van der Waals surface area contributed by atoms with Gasteiger partial charge in [0.25, 0.3) is 0 Å². The lowest BCUT2D eigenvalue weighted by Gasteiger charge is -2.23. The van der Waals surface area contributed by atoms with Crippen molar-refractivity contribution in [2.75, 3.05) is 13.6 Å². The number of hydrogen-bond donors (Lipinski definition) is 1. The summed E-state index contributed by atoms with van der Waals surface area (Å²) >= 11 is 1.63. The molecule has 0 aromatic carbocycles. The maximum absolute atomic E-state index is 11.8. The predicted octanol–water partition coefficient (Wildman–Crippen LogP) is 1.80. The molecule has 0 aliphatic carbocycles. The number of aromatic nitrogens is 1. The number of carbonyl (C=O) groups is 1. The number of carbonyl (C=O) groups excluding carboxylic acids is 1. The van der Waals surface area contributed by atoms with Crippen LogP contribution in [0.4, 0.5) is 0 Å². The Hall–Kier alpha value is -0.940. The lowest BCUT2D eigenvalue weighted by molar-refractivity contribution is -0.129. The maximum atomic E-state index is 11.8. The maximum Gasteiger partial charge on any atom is 0.236 e. The number of nitrogens with one attached hydrogen (secondary N) is 1. The summed E-state index contributed by atoms with van der Waals surface area (Å²) in [5.74, 6) is 0.103. The molecule has 1 N–H and O–H groups in total. The Balaban J connectivity index is 2.42. The number of hydrogen-bond acceptors (Lipinski definition) is 4. The summed E-state index contributed by atoms with van der Waals surface area (Å²) in [5, 5.41) is 4.23. The second-order valence-corrected chi connectivity index (χ2v) is 6.52. The second kappa shape index (κ2) is 5.60. The third-order valence-electron chi connectivity index (χ3n) is 2.26. The van der Waals surface area contributed by atoms with Crippen molar-refractivity contribution in [1.82, 2.24) is 15.2 Å². The van der Waals surface area contributed by atoms with E-state index in [4.69, 9.17) is 0 Å². The zero-order chi connectivity index (χ0) is 13.1. The molecule has 4 nitrogen and oxygen atoms in total. The van der Waals surface area contributed by atoms with Crippen LogP contribution in [0.3, 0.4) is 0 Å². The van der Waals surface area contributed by atoms with Gasteiger partial charge in [-0.15, -0.1) is 11.3 Å². The van der Waals surface area contributed by atoms with Crippen molar-refractivity contribution in [3.05, 3.63) is 16.1 Å². The average Bonchev–Trinajstić information content (AvgIpc) is 2.59. The summed E-state index contributed by atoms with van der Waals surface area (Å²) in [5.41, 5.74) is -0.0302. The molecule has 0 fully saturated rings. The number of thiazole rings is 1. The highest BCUT2D eigenvalue weighted by Gasteiger charge is 2.14. The largest absolute Gasteiger partial charge is 0.339 e. The summed E-state index contributed by atoms with van der Waals surface area (Å²) in [6.07, 6.45) is 1.83. The molecular weight excluding hydrogens is 234 g/mol. The minimum absolute atomic E-state index is 0.0302. The van der Waals surface area contributed by atoms with E-state index in [9.17, 15) is 4.79 Å². The van der Waals surface area contributed by atoms with E-state index in [1.807, 2.05) is 40.9 Å². The highest BCUT2D eigenvalue weighted by Crippen LogP contribution is 2.13. The van der Waals surface area contributed by atoms with Crippen molar-refractivity contribution in [3.8, 4) is 0 Å². The minimum Gasteiger partial charge on any atom is -0.339 e. The molecule has 1 aromatic rings. The van der Waals surface area contributed by atoms with Gasteiger partial charge in [0, 0.05) is 23.7 Å². The van der Waals surface area contributed by atoms with Gasteiger partial charge in [0.05, 0.1) is 18.1 Å². The molecule has 0 aliphatic heterocycles. The molecule has 17 heavy (non-hydrogen) atoms. The molecule has 1 heterocycles. The van der Waals surface area contributed by atoms with Gasteiger partial charge in [-0.25, -0.2) is 4.98 Å². The molecule has 1 rings (SSSR count). The highest BCUT2D eigenvalue weighted by atomic mass is 32.1. The molecule has 0 bridgehead atoms. The van der Waals surface area contributed by atoms with Crippen LogP contribution >= 0.6 is 11.3 Å². The van der Waals surface area contributed by atoms with Crippen molar-refractivity contribution in [1.29, 1.82) is 0 Å². The third kappa shape index (κ3) is 5.28. The molecule has 0 saturated carbocycles. The van der Waals surface area contributed by atoms with E-state index in [-0.39, 0.29) is 11.4 Å². The summed E-state index contributed by atoms with van der Waals surface area (Å²) < 4.78 is 0. The minimum atomic E-state index is -0.0302. The topological polar surface area (TPSA) is 45.2 Å². The average molecular weight is 255 g/mol. The fourth-order valence-corrected chi connectivity index (χ4v) is 2.12. The predicted molar refractivity (Wildman–Crippen MR) is 71.1 cm³/mol. The van der Waals surface area contributed by atoms with Crippen LogP contribution in [0.5, 0.6) is 0 Å². The van der Waals surface area contributed by atoms with E-state index in [0.717, 1.165) is 9.88 Å². The highest BCUT2D eigenvalue weighted by molar-refractivity contribution is 7.11. The third-order valence-corrected chi connectivity index (χ3v) is 3.16. The smallest absolute Gasteiger partial charge is 0.236 e. The molecule has 0 spiro atoms. The van der Waals surface area contributed by atoms with Crippen LogP contribution in [0.2, 0.25) is 0 Å². The summed E-state index contributed by atoms with van der Waals surface area (Å²) in [4.78, 5) is 18.9. The molecule has 1 aromatic heterocycles. The molecule has 0 atom stereocenters. The first-order valence-electron chi connectivity index (χ1n) is 5.68. The Labute approximate surface area is 107 Å². The van der Waals surface area contributed by atoms with Crippen LogP contribution in [-0.4, -0.2) is 34.9 Å². The van der Waals surface area contributed by atoms with Gasteiger partial charge in [-0.1, -0.05) is 0 Å². The lowest BCUT2D eigenvalue weighted by atomic mass is 10.1. The van der Waals surface area contributed by atoms with Gasteiger partial charge in [0.1, 0.15) is 0 Å². The molecule has 1 amide bonds. The Morgan fingerprint density at radius 3 is 2.65 bits per heavy atom. The van der Waals surface area contributed by atoms with Crippen molar-refractivity contribution in [2.24, 2.45) is 0 Å². The SMILES string of the molecule is Cc1ncc(CN(C)C(=O)CNC(C)(C)C)s1. The monoisotopic (exact) mass is 255 g/mol. The van der Waals surface area contributed by atoms with Gasteiger partial charge in [-0.3, -0.25) is 4.79 Å². The zero-order valence-electron chi connectivity index (χ0n) is 11.2. The standard InChI is InChI=1S/C12H21N3OS/c1-9-13-6-10(17-9)8-15(5)11(16)7-14-12(2,3)4/h6,14H,7-8H2,1-5H3. The van der Waals surface area contributed by atoms with E-state index in [2.05, 4.69) is 10.3 Å². The Bertz CT molecular complexity index is 381. The fourth-order valence-electron chi connectivity index (χ4n) is 1.28. The number of aryl methyl sites for hydroxylation is 1. The van der Waals surface area contributed by atoms with Gasteiger partial charge in [0.15, 0.2) is 0 Å². The first-order chi connectivity index (χ1) is 7.78. The second-order valence-electron chi connectivity index (χ2n) is 5.20. The van der Waals surface area contributed by atoms with Crippen molar-refractivity contribution < 1.29 is 4.79 Å². The van der Waals surface area contributed by atoms with Gasteiger partial charge < -0.3 is 10.2 Å². The molecule has 0 saturated heterocycles. The van der Waals surface area contributed by atoms with E-state index >= 15 is 0 Å². The first kappa shape index (κ1) is 14.1. The molecule has 0 aliphatic rings. The van der Waals surface area contributed by atoms with Gasteiger partial charge in [-0.05, 0) is 27.7 Å². The van der Waals surface area contributed by atoms with Crippen molar-refractivity contribution in [3.63, 3.8) is 0 Å². The number of likely N-dealkylation sites (N-methyl/N-ethyl adjacent to an activating group) is 1. The Morgan fingerprint density at radius 1 is 1.53 bits per heavy atom. The fraction of sp³-hybridized carbons (Fsp3) is 0.667. The molecule has 96 valence electrons. The van der Waals surface area contributed by atoms with E-state index < -0.39 is 0 Å². The van der Waals surface area contributed by atoms with Crippen molar-refractivity contribution in [2.45, 2.75) is 39.8 Å². The van der Waals surface area contributed by atoms with Crippen LogP contribution in [0.1, 0.15) is 30.7 Å².